The molecule has 1 amide bonds. The first-order chi connectivity index (χ1) is 9.89. The molecule has 0 aromatic heterocycles. The third kappa shape index (κ3) is 3.09. The van der Waals surface area contributed by atoms with Crippen molar-refractivity contribution in [2.24, 2.45) is 16.3 Å². The third-order valence-corrected chi connectivity index (χ3v) is 4.69. The Morgan fingerprint density at radius 2 is 1.86 bits per heavy atom. The average molecular weight is 330 g/mol. The van der Waals surface area contributed by atoms with Gasteiger partial charge in [0, 0.05) is 18.5 Å². The Kier molecular flexibility index (Phi) is 4.64. The van der Waals surface area contributed by atoms with Gasteiger partial charge < -0.3 is 15.8 Å². The Bertz CT molecular complexity index is 561. The second-order valence-electron chi connectivity index (χ2n) is 5.43. The van der Waals surface area contributed by atoms with Crippen LogP contribution in [-0.4, -0.2) is 34.9 Å². The number of hydrogen-bond donors (Lipinski definition) is 2. The van der Waals surface area contributed by atoms with Crippen LogP contribution < -0.4 is 5.73 Å². The highest BCUT2D eigenvalue weighted by Gasteiger charge is 2.36. The van der Waals surface area contributed by atoms with Gasteiger partial charge in [0.25, 0.3) is 5.91 Å². The molecule has 0 unspecified atom stereocenters. The number of hydrogen-bond acceptors (Lipinski definition) is 3. The molecule has 7 heteroatoms. The second-order valence-corrected chi connectivity index (χ2v) is 6.25. The summed E-state index contributed by atoms with van der Waals surface area (Å²) in [6.45, 7) is 2.94. The van der Waals surface area contributed by atoms with Crippen molar-refractivity contribution in [2.45, 2.75) is 19.8 Å². The molecule has 0 aliphatic carbocycles. The highest BCUT2D eigenvalue weighted by molar-refractivity contribution is 6.39. The topological polar surface area (TPSA) is 78.9 Å². The van der Waals surface area contributed by atoms with Crippen LogP contribution in [0.15, 0.2) is 23.4 Å². The maximum absolute atomic E-state index is 12.5. The zero-order chi connectivity index (χ0) is 15.6. The minimum Gasteiger partial charge on any atom is -0.409 e. The molecule has 1 saturated heterocycles. The van der Waals surface area contributed by atoms with Gasteiger partial charge >= 0.3 is 0 Å². The summed E-state index contributed by atoms with van der Waals surface area (Å²) in [4.78, 5) is 14.2. The predicted molar refractivity (Wildman–Crippen MR) is 83.1 cm³/mol. The summed E-state index contributed by atoms with van der Waals surface area (Å²) in [6, 6.07) is 4.99. The molecule has 0 atom stereocenters. The third-order valence-electron chi connectivity index (χ3n) is 4.06. The van der Waals surface area contributed by atoms with Crippen LogP contribution in [0.5, 0.6) is 0 Å². The number of piperidine rings is 1. The lowest BCUT2D eigenvalue weighted by Gasteiger charge is -2.38. The molecule has 0 bridgehead atoms. The van der Waals surface area contributed by atoms with Crippen molar-refractivity contribution >= 4 is 34.9 Å². The highest BCUT2D eigenvalue weighted by atomic mass is 35.5. The molecule has 1 aromatic rings. The first-order valence-corrected chi connectivity index (χ1v) is 7.36. The van der Waals surface area contributed by atoms with E-state index in [-0.39, 0.29) is 11.7 Å². The Hall–Kier alpha value is -1.46. The van der Waals surface area contributed by atoms with Gasteiger partial charge in [0.15, 0.2) is 0 Å². The number of nitrogens with zero attached hydrogens (tertiary/aromatic N) is 2. The molecule has 0 radical (unpaired) electrons. The Morgan fingerprint density at radius 1 is 1.33 bits per heavy atom. The predicted octanol–water partition coefficient (Wildman–Crippen LogP) is 2.98. The van der Waals surface area contributed by atoms with E-state index in [1.807, 2.05) is 6.92 Å². The monoisotopic (exact) mass is 329 g/mol. The van der Waals surface area contributed by atoms with Crippen LogP contribution in [0.25, 0.3) is 0 Å². The van der Waals surface area contributed by atoms with Crippen molar-refractivity contribution in [3.05, 3.63) is 33.8 Å². The van der Waals surface area contributed by atoms with Gasteiger partial charge in [0.2, 0.25) is 0 Å². The van der Waals surface area contributed by atoms with E-state index in [0.29, 0.717) is 41.5 Å². The number of halogens is 2. The molecular weight excluding hydrogens is 313 g/mol. The van der Waals surface area contributed by atoms with E-state index in [4.69, 9.17) is 34.1 Å². The highest BCUT2D eigenvalue weighted by Crippen LogP contribution is 2.33. The maximum atomic E-state index is 12.5. The summed E-state index contributed by atoms with van der Waals surface area (Å²) < 4.78 is 0. The fourth-order valence-electron chi connectivity index (χ4n) is 2.44. The molecule has 0 spiro atoms. The van der Waals surface area contributed by atoms with Crippen molar-refractivity contribution in [1.82, 2.24) is 4.90 Å². The molecule has 5 nitrogen and oxygen atoms in total. The van der Waals surface area contributed by atoms with Gasteiger partial charge in [0.1, 0.15) is 5.84 Å². The van der Waals surface area contributed by atoms with Gasteiger partial charge in [-0.2, -0.15) is 0 Å². The van der Waals surface area contributed by atoms with Crippen LogP contribution in [0.1, 0.15) is 30.1 Å². The van der Waals surface area contributed by atoms with Gasteiger partial charge in [0.05, 0.1) is 15.6 Å². The first kappa shape index (κ1) is 15.9. The van der Waals surface area contributed by atoms with E-state index in [2.05, 4.69) is 5.16 Å². The zero-order valence-corrected chi connectivity index (χ0v) is 13.2. The van der Waals surface area contributed by atoms with Crippen LogP contribution in [0.3, 0.4) is 0 Å². The van der Waals surface area contributed by atoms with Crippen molar-refractivity contribution in [3.63, 3.8) is 0 Å². The SMILES string of the molecule is CC1(/C(N)=N/O)CCN(C(=O)c2c(Cl)cccc2Cl)CC1. The number of rotatable bonds is 2. The van der Waals surface area contributed by atoms with Crippen LogP contribution in [0.4, 0.5) is 0 Å². The van der Waals surface area contributed by atoms with Crippen molar-refractivity contribution in [2.75, 3.05) is 13.1 Å². The summed E-state index contributed by atoms with van der Waals surface area (Å²) >= 11 is 12.1. The zero-order valence-electron chi connectivity index (χ0n) is 11.6. The molecule has 114 valence electrons. The van der Waals surface area contributed by atoms with E-state index in [9.17, 15) is 4.79 Å². The molecule has 1 aromatic carbocycles. The van der Waals surface area contributed by atoms with E-state index >= 15 is 0 Å². The number of amides is 1. The summed E-state index contributed by atoms with van der Waals surface area (Å²) in [7, 11) is 0. The van der Waals surface area contributed by atoms with Crippen molar-refractivity contribution in [3.8, 4) is 0 Å². The molecule has 1 heterocycles. The second kappa shape index (κ2) is 6.12. The Morgan fingerprint density at radius 3 is 2.33 bits per heavy atom. The minimum absolute atomic E-state index is 0.188. The fourth-order valence-corrected chi connectivity index (χ4v) is 3.00. The largest absolute Gasteiger partial charge is 0.409 e. The number of amidine groups is 1. The standard InChI is InChI=1S/C14H17Cl2N3O2/c1-14(13(17)18-21)5-7-19(8-6-14)12(20)11-9(15)3-2-4-10(11)16/h2-4,21H,5-8H2,1H3,(H2,17,18). The molecular formula is C14H17Cl2N3O2. The van der Waals surface area contributed by atoms with Gasteiger partial charge in [-0.25, -0.2) is 0 Å². The van der Waals surface area contributed by atoms with Gasteiger partial charge in [-0.05, 0) is 25.0 Å². The smallest absolute Gasteiger partial charge is 0.256 e. The first-order valence-electron chi connectivity index (χ1n) is 6.60. The molecule has 0 saturated carbocycles. The van der Waals surface area contributed by atoms with E-state index in [1.54, 1.807) is 23.1 Å². The van der Waals surface area contributed by atoms with Crippen LogP contribution in [0.2, 0.25) is 10.0 Å². The van der Waals surface area contributed by atoms with Gasteiger partial charge in [-0.15, -0.1) is 0 Å². The van der Waals surface area contributed by atoms with E-state index < -0.39 is 5.41 Å². The molecule has 3 N–H and O–H groups in total. The average Bonchev–Trinajstić information content (AvgIpc) is 2.46. The maximum Gasteiger partial charge on any atom is 0.256 e. The van der Waals surface area contributed by atoms with Gasteiger partial charge in [-0.3, -0.25) is 4.79 Å². The summed E-state index contributed by atoms with van der Waals surface area (Å²) in [5, 5.41) is 12.6. The number of nitrogens with two attached hydrogens (primary N) is 1. The lowest BCUT2D eigenvalue weighted by molar-refractivity contribution is 0.0667. The molecule has 1 aliphatic rings. The summed E-state index contributed by atoms with van der Waals surface area (Å²) in [5.74, 6) is 0.0116. The number of likely N-dealkylation sites (tertiary alicyclic amines) is 1. The molecule has 1 aliphatic heterocycles. The van der Waals surface area contributed by atoms with Crippen LogP contribution in [-0.2, 0) is 0 Å². The van der Waals surface area contributed by atoms with Crippen molar-refractivity contribution in [1.29, 1.82) is 0 Å². The molecule has 21 heavy (non-hydrogen) atoms. The number of carbonyl (C=O) groups is 1. The Balaban J connectivity index is 2.14. The lowest BCUT2D eigenvalue weighted by Crippen LogP contribution is -2.47. The Labute approximate surface area is 133 Å². The number of benzene rings is 1. The normalized spacial score (nSPS) is 18.6. The van der Waals surface area contributed by atoms with Crippen LogP contribution in [0, 0.1) is 5.41 Å². The molecule has 2 rings (SSSR count). The fraction of sp³-hybridized carbons (Fsp3) is 0.429. The summed E-state index contributed by atoms with van der Waals surface area (Å²) in [5.41, 5.74) is 5.65. The minimum atomic E-state index is -0.393. The quantitative estimate of drug-likeness (QED) is 0.379. The number of oxime groups is 1. The van der Waals surface area contributed by atoms with Gasteiger partial charge in [-0.1, -0.05) is 41.3 Å². The lowest BCUT2D eigenvalue weighted by atomic mass is 9.79. The van der Waals surface area contributed by atoms with E-state index in [0.717, 1.165) is 0 Å². The molecule has 1 fully saturated rings. The van der Waals surface area contributed by atoms with Crippen molar-refractivity contribution < 1.29 is 10.0 Å². The van der Waals surface area contributed by atoms with Crippen LogP contribution >= 0.6 is 23.2 Å². The summed E-state index contributed by atoms with van der Waals surface area (Å²) in [6.07, 6.45) is 1.24. The van der Waals surface area contributed by atoms with E-state index in [1.165, 1.54) is 0 Å². The number of carbonyl (C=O) groups excluding carboxylic acids is 1.